The van der Waals surface area contributed by atoms with Gasteiger partial charge in [0.2, 0.25) is 0 Å². The number of aryl methyl sites for hydroxylation is 2. The van der Waals surface area contributed by atoms with E-state index in [1.165, 1.54) is 11.1 Å². The molecule has 124 valence electrons. The average molecular weight is 343 g/mol. The molecule has 3 rings (SSSR count). The van der Waals surface area contributed by atoms with E-state index in [-0.39, 0.29) is 4.90 Å². The van der Waals surface area contributed by atoms with Gasteiger partial charge in [0, 0.05) is 11.1 Å². The van der Waals surface area contributed by atoms with Crippen molar-refractivity contribution in [3.63, 3.8) is 0 Å². The molecule has 0 atom stereocenters. The van der Waals surface area contributed by atoms with Crippen LogP contribution in [0.5, 0.6) is 0 Å². The third-order valence-electron chi connectivity index (χ3n) is 3.94. The van der Waals surface area contributed by atoms with E-state index >= 15 is 0 Å². The normalized spacial score (nSPS) is 11.6. The highest BCUT2D eigenvalue weighted by atomic mass is 32.2. The summed E-state index contributed by atoms with van der Waals surface area (Å²) in [6.07, 6.45) is 0. The highest BCUT2D eigenvalue weighted by Crippen LogP contribution is 2.28. The van der Waals surface area contributed by atoms with Crippen LogP contribution in [0.3, 0.4) is 0 Å². The van der Waals surface area contributed by atoms with Gasteiger partial charge in [-0.25, -0.2) is 17.2 Å². The largest absolute Gasteiger partial charge is 0.465 e. The fraction of sp³-hybridized carbons (Fsp3) is 0.167. The predicted molar refractivity (Wildman–Crippen MR) is 91.8 cm³/mol. The monoisotopic (exact) mass is 343 g/mol. The molecular weight excluding hydrogens is 326 g/mol. The summed E-state index contributed by atoms with van der Waals surface area (Å²) in [7, 11) is -2.45. The summed E-state index contributed by atoms with van der Waals surface area (Å²) in [4.78, 5) is 12.1. The minimum atomic E-state index is -3.75. The van der Waals surface area contributed by atoms with Gasteiger partial charge >= 0.3 is 5.97 Å². The van der Waals surface area contributed by atoms with E-state index in [0.29, 0.717) is 22.2 Å². The molecule has 0 saturated heterocycles. The molecule has 3 aromatic rings. The van der Waals surface area contributed by atoms with Crippen LogP contribution in [0.4, 0.5) is 0 Å². The first-order chi connectivity index (χ1) is 11.4. The number of methoxy groups -OCH3 is 1. The summed E-state index contributed by atoms with van der Waals surface area (Å²) in [6.45, 7) is 3.60. The number of nitrogens with zero attached hydrogens (tertiary/aromatic N) is 1. The standard InChI is InChI=1S/C18H17NO4S/c1-12-7-9-14(10-8-12)24(21,22)19-13(2)11-16-15(18(20)23-3)5-4-6-17(16)19/h4-11H,1-3H3. The fourth-order valence-corrected chi connectivity index (χ4v) is 4.30. The molecule has 0 amide bonds. The van der Waals surface area contributed by atoms with Crippen LogP contribution in [0, 0.1) is 13.8 Å². The zero-order valence-corrected chi connectivity index (χ0v) is 14.4. The third-order valence-corrected chi connectivity index (χ3v) is 5.77. The van der Waals surface area contributed by atoms with Gasteiger partial charge in [-0.2, -0.15) is 0 Å². The van der Waals surface area contributed by atoms with Crippen molar-refractivity contribution in [2.45, 2.75) is 18.7 Å². The number of ether oxygens (including phenoxy) is 1. The van der Waals surface area contributed by atoms with Crippen LogP contribution in [-0.4, -0.2) is 25.5 Å². The number of fused-ring (bicyclic) bond motifs is 1. The summed E-state index contributed by atoms with van der Waals surface area (Å²) in [5.74, 6) is -0.495. The Hall–Kier alpha value is -2.60. The number of aromatic nitrogens is 1. The van der Waals surface area contributed by atoms with E-state index in [0.717, 1.165) is 5.56 Å². The minimum absolute atomic E-state index is 0.206. The van der Waals surface area contributed by atoms with E-state index in [9.17, 15) is 13.2 Å². The van der Waals surface area contributed by atoms with Crippen molar-refractivity contribution in [2.24, 2.45) is 0 Å². The van der Waals surface area contributed by atoms with Crippen molar-refractivity contribution in [1.29, 1.82) is 0 Å². The van der Waals surface area contributed by atoms with Gasteiger partial charge in [0.15, 0.2) is 0 Å². The molecule has 0 bridgehead atoms. The van der Waals surface area contributed by atoms with Gasteiger partial charge in [-0.05, 0) is 44.2 Å². The van der Waals surface area contributed by atoms with Crippen LogP contribution in [0.25, 0.3) is 10.9 Å². The van der Waals surface area contributed by atoms with E-state index in [1.807, 2.05) is 6.92 Å². The molecule has 0 unspecified atom stereocenters. The lowest BCUT2D eigenvalue weighted by Crippen LogP contribution is -2.14. The smallest absolute Gasteiger partial charge is 0.338 e. The Morgan fingerprint density at radius 2 is 1.71 bits per heavy atom. The van der Waals surface area contributed by atoms with Gasteiger partial charge in [-0.1, -0.05) is 23.8 Å². The number of benzene rings is 2. The van der Waals surface area contributed by atoms with Crippen molar-refractivity contribution in [3.05, 3.63) is 65.4 Å². The molecule has 0 N–H and O–H groups in total. The number of rotatable bonds is 3. The van der Waals surface area contributed by atoms with Crippen LogP contribution in [0.2, 0.25) is 0 Å². The van der Waals surface area contributed by atoms with Gasteiger partial charge in [-0.15, -0.1) is 0 Å². The Kier molecular flexibility index (Phi) is 3.93. The lowest BCUT2D eigenvalue weighted by molar-refractivity contribution is 0.0603. The molecule has 1 aromatic heterocycles. The van der Waals surface area contributed by atoms with Crippen LogP contribution >= 0.6 is 0 Å². The molecule has 0 aliphatic heterocycles. The van der Waals surface area contributed by atoms with Gasteiger partial charge in [-0.3, -0.25) is 0 Å². The quantitative estimate of drug-likeness (QED) is 0.685. The van der Waals surface area contributed by atoms with Crippen LogP contribution in [0.1, 0.15) is 21.6 Å². The van der Waals surface area contributed by atoms with E-state index in [4.69, 9.17) is 4.74 Å². The first-order valence-electron chi connectivity index (χ1n) is 7.38. The first-order valence-corrected chi connectivity index (χ1v) is 8.82. The molecule has 0 saturated carbocycles. The van der Waals surface area contributed by atoms with Crippen LogP contribution in [-0.2, 0) is 14.8 Å². The zero-order chi connectivity index (χ0) is 17.5. The number of hydrogen-bond donors (Lipinski definition) is 0. The molecule has 5 nitrogen and oxygen atoms in total. The lowest BCUT2D eigenvalue weighted by Gasteiger charge is -2.10. The maximum Gasteiger partial charge on any atom is 0.338 e. The molecule has 6 heteroatoms. The topological polar surface area (TPSA) is 65.4 Å². The third kappa shape index (κ3) is 2.49. The Balaban J connectivity index is 2.29. The second-order valence-corrected chi connectivity index (χ2v) is 7.38. The second kappa shape index (κ2) is 5.79. The molecule has 0 aliphatic carbocycles. The van der Waals surface area contributed by atoms with Gasteiger partial charge in [0.1, 0.15) is 0 Å². The van der Waals surface area contributed by atoms with E-state index in [2.05, 4.69) is 0 Å². The Labute approximate surface area is 140 Å². The van der Waals surface area contributed by atoms with Crippen molar-refractivity contribution >= 4 is 26.9 Å². The van der Waals surface area contributed by atoms with Gasteiger partial charge in [0.25, 0.3) is 10.0 Å². The fourth-order valence-electron chi connectivity index (χ4n) is 2.76. The van der Waals surface area contributed by atoms with Crippen molar-refractivity contribution in [1.82, 2.24) is 3.97 Å². The van der Waals surface area contributed by atoms with Crippen LogP contribution in [0.15, 0.2) is 53.4 Å². The number of esters is 1. The Bertz CT molecular complexity index is 1030. The summed E-state index contributed by atoms with van der Waals surface area (Å²) >= 11 is 0. The van der Waals surface area contributed by atoms with E-state index < -0.39 is 16.0 Å². The molecule has 0 aliphatic rings. The summed E-state index contributed by atoms with van der Waals surface area (Å²) in [5, 5.41) is 0.553. The average Bonchev–Trinajstić information content (AvgIpc) is 2.90. The predicted octanol–water partition coefficient (Wildman–Crippen LogP) is 3.28. The maximum atomic E-state index is 13.0. The molecule has 0 radical (unpaired) electrons. The maximum absolute atomic E-state index is 13.0. The Morgan fingerprint density at radius 1 is 1.04 bits per heavy atom. The van der Waals surface area contributed by atoms with Gasteiger partial charge < -0.3 is 4.74 Å². The van der Waals surface area contributed by atoms with Crippen molar-refractivity contribution in [3.8, 4) is 0 Å². The van der Waals surface area contributed by atoms with Crippen molar-refractivity contribution < 1.29 is 17.9 Å². The Morgan fingerprint density at radius 3 is 2.33 bits per heavy atom. The molecule has 0 spiro atoms. The second-order valence-electron chi connectivity index (χ2n) is 5.60. The molecule has 0 fully saturated rings. The number of carbonyl (C=O) groups is 1. The zero-order valence-electron chi connectivity index (χ0n) is 13.6. The summed E-state index contributed by atoms with van der Waals surface area (Å²) in [6, 6.07) is 13.3. The SMILES string of the molecule is COC(=O)c1cccc2c1cc(C)n2S(=O)(=O)c1ccc(C)cc1. The van der Waals surface area contributed by atoms with Crippen LogP contribution < -0.4 is 0 Å². The first kappa shape index (κ1) is 16.3. The van der Waals surface area contributed by atoms with E-state index in [1.54, 1.807) is 55.5 Å². The van der Waals surface area contributed by atoms with Crippen molar-refractivity contribution in [2.75, 3.05) is 7.11 Å². The molecule has 2 aromatic carbocycles. The highest BCUT2D eigenvalue weighted by Gasteiger charge is 2.23. The lowest BCUT2D eigenvalue weighted by atomic mass is 10.1. The summed E-state index contributed by atoms with van der Waals surface area (Å²) in [5.41, 5.74) is 2.31. The molecule has 24 heavy (non-hydrogen) atoms. The molecule has 1 heterocycles. The minimum Gasteiger partial charge on any atom is -0.465 e. The number of carbonyl (C=O) groups excluding carboxylic acids is 1. The molecular formula is C18H17NO4S. The summed E-state index contributed by atoms with van der Waals surface area (Å²) < 4.78 is 32.1. The van der Waals surface area contributed by atoms with Gasteiger partial charge in [0.05, 0.1) is 23.1 Å². The highest BCUT2D eigenvalue weighted by molar-refractivity contribution is 7.90. The number of hydrogen-bond acceptors (Lipinski definition) is 4.